The fourth-order valence-electron chi connectivity index (χ4n) is 6.39. The van der Waals surface area contributed by atoms with E-state index in [1.165, 1.54) is 51.4 Å². The van der Waals surface area contributed by atoms with Crippen molar-refractivity contribution < 1.29 is 13.9 Å². The average molecular weight is 415 g/mol. The van der Waals surface area contributed by atoms with Gasteiger partial charge in [-0.3, -0.25) is 0 Å². The standard InChI is InChI=1S/C27H39FO2/c1-4-5-19-8-12-20(13-9-19)18(3)23-15-14-22-16-24(21-10-6-17(2)7-11-21)30-27(29)25(22)26(23)28/h14-15,17-21,24H,4-13,16H2,1-3H3. The Balaban J connectivity index is 1.47. The summed E-state index contributed by atoms with van der Waals surface area (Å²) in [6.45, 7) is 6.71. The summed E-state index contributed by atoms with van der Waals surface area (Å²) in [5, 5.41) is 0. The van der Waals surface area contributed by atoms with Crippen LogP contribution in [0.15, 0.2) is 12.1 Å². The minimum atomic E-state index is -0.432. The topological polar surface area (TPSA) is 26.3 Å². The Morgan fingerprint density at radius 2 is 1.77 bits per heavy atom. The van der Waals surface area contributed by atoms with Gasteiger partial charge >= 0.3 is 5.97 Å². The van der Waals surface area contributed by atoms with Gasteiger partial charge in [0.1, 0.15) is 11.9 Å². The van der Waals surface area contributed by atoms with Crippen LogP contribution in [0, 0.1) is 29.5 Å². The van der Waals surface area contributed by atoms with Gasteiger partial charge in [0.25, 0.3) is 0 Å². The summed E-state index contributed by atoms with van der Waals surface area (Å²) in [6.07, 6.45) is 12.7. The zero-order valence-electron chi connectivity index (χ0n) is 19.1. The Kier molecular flexibility index (Phi) is 6.85. The molecule has 1 aliphatic heterocycles. The average Bonchev–Trinajstić information content (AvgIpc) is 2.74. The molecule has 2 nitrogen and oxygen atoms in total. The molecular formula is C27H39FO2. The Morgan fingerprint density at radius 1 is 1.07 bits per heavy atom. The minimum Gasteiger partial charge on any atom is -0.458 e. The van der Waals surface area contributed by atoms with E-state index in [-0.39, 0.29) is 23.4 Å². The summed E-state index contributed by atoms with van der Waals surface area (Å²) in [5.74, 6) is 1.98. The molecule has 2 unspecified atom stereocenters. The number of benzene rings is 1. The predicted molar refractivity (Wildman–Crippen MR) is 119 cm³/mol. The molecule has 0 aromatic heterocycles. The maximum absolute atomic E-state index is 15.5. The summed E-state index contributed by atoms with van der Waals surface area (Å²) in [5.41, 5.74) is 1.80. The van der Waals surface area contributed by atoms with E-state index < -0.39 is 5.97 Å². The highest BCUT2D eigenvalue weighted by atomic mass is 19.1. The molecule has 0 bridgehead atoms. The molecule has 2 atom stereocenters. The van der Waals surface area contributed by atoms with Crippen molar-refractivity contribution in [2.75, 3.05) is 0 Å². The van der Waals surface area contributed by atoms with Crippen LogP contribution in [0.3, 0.4) is 0 Å². The summed E-state index contributed by atoms with van der Waals surface area (Å²) in [6, 6.07) is 3.99. The molecule has 2 saturated carbocycles. The van der Waals surface area contributed by atoms with Crippen LogP contribution in [-0.2, 0) is 11.2 Å². The van der Waals surface area contributed by atoms with Crippen molar-refractivity contribution >= 4 is 5.97 Å². The highest BCUT2D eigenvalue weighted by Crippen LogP contribution is 2.42. The second kappa shape index (κ2) is 9.40. The molecule has 1 aromatic carbocycles. The molecule has 0 spiro atoms. The lowest BCUT2D eigenvalue weighted by molar-refractivity contribution is -0.000204. The number of hydrogen-bond acceptors (Lipinski definition) is 2. The van der Waals surface area contributed by atoms with E-state index in [0.717, 1.165) is 35.8 Å². The predicted octanol–water partition coefficient (Wildman–Crippen LogP) is 7.44. The zero-order chi connectivity index (χ0) is 21.3. The van der Waals surface area contributed by atoms with Gasteiger partial charge in [-0.25, -0.2) is 9.18 Å². The lowest BCUT2D eigenvalue weighted by atomic mass is 9.72. The Labute approximate surface area is 182 Å². The number of esters is 1. The summed E-state index contributed by atoms with van der Waals surface area (Å²) >= 11 is 0. The van der Waals surface area contributed by atoms with Gasteiger partial charge in [0.15, 0.2) is 0 Å². The number of rotatable bonds is 5. The quantitative estimate of drug-likeness (QED) is 0.468. The number of carbonyl (C=O) groups excluding carboxylic acids is 1. The molecule has 3 heteroatoms. The first-order valence-corrected chi connectivity index (χ1v) is 12.5. The largest absolute Gasteiger partial charge is 0.458 e. The summed E-state index contributed by atoms with van der Waals surface area (Å²) in [7, 11) is 0. The number of fused-ring (bicyclic) bond motifs is 1. The molecule has 166 valence electrons. The van der Waals surface area contributed by atoms with Crippen molar-refractivity contribution in [1.29, 1.82) is 0 Å². The van der Waals surface area contributed by atoms with Crippen LogP contribution in [0.4, 0.5) is 4.39 Å². The van der Waals surface area contributed by atoms with E-state index in [9.17, 15) is 4.79 Å². The molecule has 3 aliphatic rings. The van der Waals surface area contributed by atoms with Crippen LogP contribution in [0.25, 0.3) is 0 Å². The zero-order valence-corrected chi connectivity index (χ0v) is 19.1. The van der Waals surface area contributed by atoms with Crippen LogP contribution < -0.4 is 0 Å². The van der Waals surface area contributed by atoms with Crippen molar-refractivity contribution in [3.8, 4) is 0 Å². The molecule has 0 radical (unpaired) electrons. The number of carbonyl (C=O) groups is 1. The molecule has 30 heavy (non-hydrogen) atoms. The van der Waals surface area contributed by atoms with Gasteiger partial charge in [-0.1, -0.05) is 71.4 Å². The first-order chi connectivity index (χ1) is 14.5. The molecule has 2 fully saturated rings. The van der Waals surface area contributed by atoms with Gasteiger partial charge in [-0.05, 0) is 66.4 Å². The van der Waals surface area contributed by atoms with Crippen LogP contribution in [0.2, 0.25) is 0 Å². The fourth-order valence-corrected chi connectivity index (χ4v) is 6.39. The van der Waals surface area contributed by atoms with Crippen LogP contribution in [-0.4, -0.2) is 12.1 Å². The molecule has 0 saturated heterocycles. The molecule has 4 rings (SSSR count). The third-order valence-corrected chi connectivity index (χ3v) is 8.51. The van der Waals surface area contributed by atoms with Crippen LogP contribution >= 0.6 is 0 Å². The Hall–Kier alpha value is -1.38. The normalized spacial score (nSPS) is 32.9. The van der Waals surface area contributed by atoms with E-state index in [4.69, 9.17) is 4.74 Å². The van der Waals surface area contributed by atoms with E-state index in [0.29, 0.717) is 18.3 Å². The van der Waals surface area contributed by atoms with Crippen LogP contribution in [0.1, 0.15) is 112 Å². The van der Waals surface area contributed by atoms with Gasteiger partial charge in [0, 0.05) is 6.42 Å². The number of cyclic esters (lactones) is 1. The van der Waals surface area contributed by atoms with E-state index in [1.807, 2.05) is 12.1 Å². The minimum absolute atomic E-state index is 0.0750. The highest BCUT2D eigenvalue weighted by molar-refractivity contribution is 5.93. The number of ether oxygens (including phenoxy) is 1. The highest BCUT2D eigenvalue weighted by Gasteiger charge is 2.37. The molecule has 0 amide bonds. The van der Waals surface area contributed by atoms with Gasteiger partial charge in [0.2, 0.25) is 0 Å². The van der Waals surface area contributed by atoms with Crippen molar-refractivity contribution in [2.24, 2.45) is 23.7 Å². The number of hydrogen-bond donors (Lipinski definition) is 0. The lowest BCUT2D eigenvalue weighted by Gasteiger charge is -2.36. The monoisotopic (exact) mass is 414 g/mol. The molecular weight excluding hydrogens is 375 g/mol. The van der Waals surface area contributed by atoms with Crippen LogP contribution in [0.5, 0.6) is 0 Å². The molecule has 0 N–H and O–H groups in total. The smallest absolute Gasteiger partial charge is 0.341 e. The maximum atomic E-state index is 15.5. The van der Waals surface area contributed by atoms with Gasteiger partial charge in [-0.15, -0.1) is 0 Å². The Bertz CT molecular complexity index is 741. The van der Waals surface area contributed by atoms with Gasteiger partial charge < -0.3 is 4.74 Å². The van der Waals surface area contributed by atoms with E-state index in [1.54, 1.807) is 0 Å². The number of halogens is 1. The fraction of sp³-hybridized carbons (Fsp3) is 0.741. The van der Waals surface area contributed by atoms with Gasteiger partial charge in [-0.2, -0.15) is 0 Å². The van der Waals surface area contributed by atoms with E-state index >= 15 is 4.39 Å². The van der Waals surface area contributed by atoms with Crippen molar-refractivity contribution in [3.63, 3.8) is 0 Å². The summed E-state index contributed by atoms with van der Waals surface area (Å²) < 4.78 is 21.3. The van der Waals surface area contributed by atoms with Crippen molar-refractivity contribution in [3.05, 3.63) is 34.6 Å². The first-order valence-electron chi connectivity index (χ1n) is 12.5. The van der Waals surface area contributed by atoms with Gasteiger partial charge in [0.05, 0.1) is 5.56 Å². The molecule has 1 aromatic rings. The Morgan fingerprint density at radius 3 is 2.43 bits per heavy atom. The molecule has 1 heterocycles. The van der Waals surface area contributed by atoms with Crippen molar-refractivity contribution in [2.45, 2.75) is 103 Å². The SMILES string of the molecule is CCCC1CCC(C(C)c2ccc3c(c2F)C(=O)OC(C2CCC(C)CC2)C3)CC1. The molecule has 2 aliphatic carbocycles. The lowest BCUT2D eigenvalue weighted by Crippen LogP contribution is -2.36. The maximum Gasteiger partial charge on any atom is 0.341 e. The third-order valence-electron chi connectivity index (χ3n) is 8.51. The van der Waals surface area contributed by atoms with Crippen molar-refractivity contribution in [1.82, 2.24) is 0 Å². The summed E-state index contributed by atoms with van der Waals surface area (Å²) in [4.78, 5) is 12.8. The third kappa shape index (κ3) is 4.46. The second-order valence-corrected chi connectivity index (χ2v) is 10.5. The second-order valence-electron chi connectivity index (χ2n) is 10.5. The van der Waals surface area contributed by atoms with E-state index in [2.05, 4.69) is 20.8 Å². The first kappa shape index (κ1) is 21.8.